The van der Waals surface area contributed by atoms with Crippen LogP contribution in [0.3, 0.4) is 0 Å². The summed E-state index contributed by atoms with van der Waals surface area (Å²) in [5.74, 6) is 0.0579. The van der Waals surface area contributed by atoms with E-state index in [9.17, 15) is 8.42 Å². The summed E-state index contributed by atoms with van der Waals surface area (Å²) in [6.07, 6.45) is 0.478. The van der Waals surface area contributed by atoms with Gasteiger partial charge in [0.2, 0.25) is 10.0 Å². The number of hydrogen-bond donors (Lipinski definition) is 2. The predicted molar refractivity (Wildman–Crippen MR) is 59.1 cm³/mol. The van der Waals surface area contributed by atoms with Crippen LogP contribution in [-0.4, -0.2) is 46.1 Å². The molecule has 0 radical (unpaired) electrons. The summed E-state index contributed by atoms with van der Waals surface area (Å²) in [6, 6.07) is 0. The molecule has 0 rings (SSSR count). The monoisotopic (exact) mass is 239 g/mol. The van der Waals surface area contributed by atoms with Crippen LogP contribution in [0.2, 0.25) is 0 Å². The average Bonchev–Trinajstić information content (AvgIpc) is 2.16. The van der Waals surface area contributed by atoms with Crippen LogP contribution in [0, 0.1) is 5.41 Å². The lowest BCUT2D eigenvalue weighted by Crippen LogP contribution is -2.37. The van der Waals surface area contributed by atoms with E-state index in [0.717, 1.165) is 0 Å². The molecule has 0 aliphatic heterocycles. The van der Waals surface area contributed by atoms with Gasteiger partial charge in [0, 0.05) is 32.3 Å². The highest BCUT2D eigenvalue weighted by Crippen LogP contribution is 2.11. The molecule has 0 bridgehead atoms. The van der Waals surface area contributed by atoms with Crippen LogP contribution < -0.4 is 4.72 Å². The van der Waals surface area contributed by atoms with E-state index in [2.05, 4.69) is 4.72 Å². The van der Waals surface area contributed by atoms with Crippen molar-refractivity contribution in [2.75, 3.05) is 32.6 Å². The molecule has 2 N–H and O–H groups in total. The molecule has 0 atom stereocenters. The van der Waals surface area contributed by atoms with Gasteiger partial charge in [0.05, 0.1) is 5.75 Å². The molecule has 15 heavy (non-hydrogen) atoms. The van der Waals surface area contributed by atoms with Crippen molar-refractivity contribution >= 4 is 10.0 Å². The molecule has 0 aromatic heterocycles. The fourth-order valence-electron chi connectivity index (χ4n) is 0.827. The third-order valence-corrected chi connectivity index (χ3v) is 3.37. The summed E-state index contributed by atoms with van der Waals surface area (Å²) < 4.78 is 30.1. The maximum Gasteiger partial charge on any atom is 0.211 e. The van der Waals surface area contributed by atoms with Crippen LogP contribution in [0.15, 0.2) is 0 Å². The highest BCUT2D eigenvalue weighted by atomic mass is 32.2. The van der Waals surface area contributed by atoms with E-state index < -0.39 is 15.4 Å². The summed E-state index contributed by atoms with van der Waals surface area (Å²) in [6.45, 7) is 4.23. The van der Waals surface area contributed by atoms with E-state index >= 15 is 0 Å². The van der Waals surface area contributed by atoms with Crippen molar-refractivity contribution in [3.8, 4) is 0 Å². The molecule has 0 aliphatic rings. The molecule has 92 valence electrons. The zero-order valence-electron chi connectivity index (χ0n) is 9.62. The minimum absolute atomic E-state index is 0.0480. The average molecular weight is 239 g/mol. The molecule has 0 fully saturated rings. The maximum atomic E-state index is 11.4. The summed E-state index contributed by atoms with van der Waals surface area (Å²) in [7, 11) is -1.70. The van der Waals surface area contributed by atoms with Crippen molar-refractivity contribution in [3.63, 3.8) is 0 Å². The molecule has 0 saturated carbocycles. The van der Waals surface area contributed by atoms with Crippen molar-refractivity contribution in [1.82, 2.24) is 4.72 Å². The molecular weight excluding hydrogens is 218 g/mol. The molecule has 0 unspecified atom stereocenters. The topological polar surface area (TPSA) is 75.6 Å². The lowest BCUT2D eigenvalue weighted by atomic mass is 9.96. The molecule has 0 aromatic rings. The minimum Gasteiger partial charge on any atom is -0.396 e. The normalized spacial score (nSPS) is 13.1. The van der Waals surface area contributed by atoms with Crippen molar-refractivity contribution in [1.29, 1.82) is 0 Å². The largest absolute Gasteiger partial charge is 0.396 e. The smallest absolute Gasteiger partial charge is 0.211 e. The Morgan fingerprint density at radius 2 is 2.00 bits per heavy atom. The van der Waals surface area contributed by atoms with Gasteiger partial charge in [-0.3, -0.25) is 0 Å². The molecule has 0 aromatic carbocycles. The minimum atomic E-state index is -3.24. The Kier molecular flexibility index (Phi) is 6.35. The Hall–Kier alpha value is -0.170. The number of rotatable bonds is 8. The number of ether oxygens (including phenoxy) is 1. The maximum absolute atomic E-state index is 11.4. The van der Waals surface area contributed by atoms with E-state index in [4.69, 9.17) is 9.84 Å². The van der Waals surface area contributed by atoms with Crippen LogP contribution >= 0.6 is 0 Å². The van der Waals surface area contributed by atoms with Crippen molar-refractivity contribution in [2.45, 2.75) is 20.3 Å². The van der Waals surface area contributed by atoms with Gasteiger partial charge in [0.15, 0.2) is 0 Å². The number of nitrogens with one attached hydrogen (secondary N) is 1. The van der Waals surface area contributed by atoms with E-state index in [-0.39, 0.29) is 18.9 Å². The van der Waals surface area contributed by atoms with Crippen molar-refractivity contribution in [3.05, 3.63) is 0 Å². The first-order chi connectivity index (χ1) is 6.83. The quantitative estimate of drug-likeness (QED) is 0.583. The molecular formula is C9H21NO4S. The molecule has 5 nitrogen and oxygen atoms in total. The Morgan fingerprint density at radius 1 is 1.40 bits per heavy atom. The fraction of sp³-hybridized carbons (Fsp3) is 1.00. The predicted octanol–water partition coefficient (Wildman–Crippen LogP) is -0.0392. The van der Waals surface area contributed by atoms with Crippen LogP contribution in [0.4, 0.5) is 0 Å². The van der Waals surface area contributed by atoms with Gasteiger partial charge in [-0.1, -0.05) is 13.8 Å². The second kappa shape index (κ2) is 6.42. The Bertz CT molecular complexity index is 261. The third kappa shape index (κ3) is 7.72. The molecule has 0 spiro atoms. The first-order valence-corrected chi connectivity index (χ1v) is 6.55. The van der Waals surface area contributed by atoms with Gasteiger partial charge in [0.25, 0.3) is 0 Å². The highest BCUT2D eigenvalue weighted by molar-refractivity contribution is 7.89. The zero-order chi connectivity index (χ0) is 11.9. The van der Waals surface area contributed by atoms with Gasteiger partial charge in [0.1, 0.15) is 0 Å². The van der Waals surface area contributed by atoms with Crippen LogP contribution in [0.1, 0.15) is 20.3 Å². The number of sulfonamides is 1. The van der Waals surface area contributed by atoms with E-state index in [1.165, 1.54) is 7.11 Å². The third-order valence-electron chi connectivity index (χ3n) is 1.96. The van der Waals surface area contributed by atoms with Gasteiger partial charge in [-0.15, -0.1) is 0 Å². The lowest BCUT2D eigenvalue weighted by Gasteiger charge is -2.21. The van der Waals surface area contributed by atoms with Crippen LogP contribution in [0.5, 0.6) is 0 Å². The molecule has 0 amide bonds. The highest BCUT2D eigenvalue weighted by Gasteiger charge is 2.19. The Labute approximate surface area is 91.9 Å². The summed E-state index contributed by atoms with van der Waals surface area (Å²) >= 11 is 0. The summed E-state index contributed by atoms with van der Waals surface area (Å²) in [4.78, 5) is 0. The summed E-state index contributed by atoms with van der Waals surface area (Å²) in [5, 5.41) is 8.95. The first-order valence-electron chi connectivity index (χ1n) is 4.90. The Morgan fingerprint density at radius 3 is 2.47 bits per heavy atom. The standard InChI is InChI=1S/C9H21NO4S/c1-9(2,8-11)7-10-15(12,13)6-4-5-14-3/h10-11H,4-8H2,1-3H3. The molecule has 0 aliphatic carbocycles. The van der Waals surface area contributed by atoms with Gasteiger partial charge < -0.3 is 9.84 Å². The SMILES string of the molecule is COCCCS(=O)(=O)NCC(C)(C)CO. The molecule has 6 heteroatoms. The molecule has 0 heterocycles. The van der Waals surface area contributed by atoms with Gasteiger partial charge >= 0.3 is 0 Å². The second-order valence-electron chi connectivity index (χ2n) is 4.31. The van der Waals surface area contributed by atoms with Gasteiger partial charge in [-0.2, -0.15) is 0 Å². The molecule has 0 saturated heterocycles. The number of aliphatic hydroxyl groups is 1. The Balaban J connectivity index is 3.94. The van der Waals surface area contributed by atoms with Crippen LogP contribution in [0.25, 0.3) is 0 Å². The number of aliphatic hydroxyl groups excluding tert-OH is 1. The number of methoxy groups -OCH3 is 1. The fourth-order valence-corrected chi connectivity index (χ4v) is 2.08. The zero-order valence-corrected chi connectivity index (χ0v) is 10.4. The van der Waals surface area contributed by atoms with Crippen molar-refractivity contribution in [2.24, 2.45) is 5.41 Å². The summed E-state index contributed by atoms with van der Waals surface area (Å²) in [5.41, 5.74) is -0.422. The number of hydrogen-bond acceptors (Lipinski definition) is 4. The van der Waals surface area contributed by atoms with E-state index in [1.54, 1.807) is 13.8 Å². The van der Waals surface area contributed by atoms with Gasteiger partial charge in [-0.25, -0.2) is 13.1 Å². The first kappa shape index (κ1) is 14.8. The van der Waals surface area contributed by atoms with E-state index in [1.807, 2.05) is 0 Å². The van der Waals surface area contributed by atoms with E-state index in [0.29, 0.717) is 13.0 Å². The van der Waals surface area contributed by atoms with Crippen LogP contribution in [-0.2, 0) is 14.8 Å². The van der Waals surface area contributed by atoms with Gasteiger partial charge in [-0.05, 0) is 6.42 Å². The van der Waals surface area contributed by atoms with Crippen molar-refractivity contribution < 1.29 is 18.3 Å². The lowest BCUT2D eigenvalue weighted by molar-refractivity contribution is 0.163. The second-order valence-corrected chi connectivity index (χ2v) is 6.24.